The molecule has 0 aliphatic carbocycles. The van der Waals surface area contributed by atoms with E-state index >= 15 is 0 Å². The maximum Gasteiger partial charge on any atom is 0.228 e. The molecule has 1 fully saturated rings. The number of halogens is 1. The first-order valence-corrected chi connectivity index (χ1v) is 7.26. The van der Waals surface area contributed by atoms with Gasteiger partial charge in [0.1, 0.15) is 0 Å². The number of thioether (sulfide) groups is 1. The fourth-order valence-corrected chi connectivity index (χ4v) is 3.28. The Morgan fingerprint density at radius 3 is 3.06 bits per heavy atom. The van der Waals surface area contributed by atoms with Crippen LogP contribution in [0.2, 0.25) is 0 Å². The highest BCUT2D eigenvalue weighted by molar-refractivity contribution is 9.10. The fourth-order valence-electron chi connectivity index (χ4n) is 1.71. The van der Waals surface area contributed by atoms with Gasteiger partial charge in [-0.15, -0.1) is 0 Å². The van der Waals surface area contributed by atoms with Crippen LogP contribution in [0.1, 0.15) is 12.0 Å². The van der Waals surface area contributed by atoms with E-state index in [2.05, 4.69) is 21.2 Å². The Hall–Kier alpha value is -0.480. The van der Waals surface area contributed by atoms with Crippen LogP contribution in [-0.4, -0.2) is 17.4 Å². The van der Waals surface area contributed by atoms with Gasteiger partial charge in [0.15, 0.2) is 0 Å². The lowest BCUT2D eigenvalue weighted by molar-refractivity contribution is -0.119. The molecule has 0 spiro atoms. The van der Waals surface area contributed by atoms with Gasteiger partial charge in [-0.2, -0.15) is 11.8 Å². The van der Waals surface area contributed by atoms with E-state index in [1.807, 2.05) is 36.9 Å². The van der Waals surface area contributed by atoms with Gasteiger partial charge >= 0.3 is 0 Å². The molecule has 1 amide bonds. The summed E-state index contributed by atoms with van der Waals surface area (Å²) in [5.74, 6) is 2.39. The number of rotatable bonds is 2. The van der Waals surface area contributed by atoms with Crippen LogP contribution < -0.4 is 5.32 Å². The lowest BCUT2D eigenvalue weighted by Crippen LogP contribution is -2.22. The van der Waals surface area contributed by atoms with E-state index in [-0.39, 0.29) is 11.8 Å². The summed E-state index contributed by atoms with van der Waals surface area (Å²) in [5, 5.41) is 2.99. The van der Waals surface area contributed by atoms with Gasteiger partial charge < -0.3 is 5.32 Å². The molecule has 1 saturated heterocycles. The molecule has 0 saturated carbocycles. The van der Waals surface area contributed by atoms with Crippen molar-refractivity contribution >= 4 is 39.3 Å². The Balaban J connectivity index is 2.07. The van der Waals surface area contributed by atoms with E-state index in [1.165, 1.54) is 0 Å². The second kappa shape index (κ2) is 5.23. The number of nitrogens with one attached hydrogen (secondary N) is 1. The number of amides is 1. The average Bonchev–Trinajstić information content (AvgIpc) is 2.76. The highest BCUT2D eigenvalue weighted by atomic mass is 79.9. The Labute approximate surface area is 108 Å². The Morgan fingerprint density at radius 2 is 2.38 bits per heavy atom. The van der Waals surface area contributed by atoms with Gasteiger partial charge in [0, 0.05) is 16.1 Å². The molecule has 2 rings (SSSR count). The van der Waals surface area contributed by atoms with Crippen LogP contribution in [0.15, 0.2) is 22.7 Å². The largest absolute Gasteiger partial charge is 0.325 e. The van der Waals surface area contributed by atoms with Crippen LogP contribution >= 0.6 is 27.7 Å². The first-order valence-electron chi connectivity index (χ1n) is 5.31. The summed E-state index contributed by atoms with van der Waals surface area (Å²) in [6.07, 6.45) is 1.000. The Morgan fingerprint density at radius 1 is 1.56 bits per heavy atom. The number of hydrogen-bond acceptors (Lipinski definition) is 2. The standard InChI is InChI=1S/C12H14BrNOS/c1-8-2-3-10(13)11(6-8)14-12(15)9-4-5-16-7-9/h2-3,6,9H,4-5,7H2,1H3,(H,14,15). The van der Waals surface area contributed by atoms with Crippen molar-refractivity contribution in [1.29, 1.82) is 0 Å². The Bertz CT molecular complexity index is 402. The molecule has 1 aromatic carbocycles. The van der Waals surface area contributed by atoms with Crippen molar-refractivity contribution < 1.29 is 4.79 Å². The zero-order valence-corrected chi connectivity index (χ0v) is 11.5. The first kappa shape index (κ1) is 12.0. The van der Waals surface area contributed by atoms with Crippen molar-refractivity contribution in [2.75, 3.05) is 16.8 Å². The maximum absolute atomic E-state index is 11.9. The molecule has 0 bridgehead atoms. The molecule has 0 radical (unpaired) electrons. The second-order valence-electron chi connectivity index (χ2n) is 4.03. The van der Waals surface area contributed by atoms with Crippen molar-refractivity contribution in [3.8, 4) is 0 Å². The number of aryl methyl sites for hydroxylation is 1. The predicted octanol–water partition coefficient (Wildman–Crippen LogP) is 3.45. The Kier molecular flexibility index (Phi) is 3.92. The van der Waals surface area contributed by atoms with Gasteiger partial charge in [-0.05, 0) is 52.7 Å². The average molecular weight is 300 g/mol. The van der Waals surface area contributed by atoms with Crippen LogP contribution in [-0.2, 0) is 4.79 Å². The van der Waals surface area contributed by atoms with E-state index in [0.29, 0.717) is 0 Å². The molecule has 86 valence electrons. The third-order valence-corrected chi connectivity index (χ3v) is 4.53. The predicted molar refractivity (Wildman–Crippen MR) is 72.9 cm³/mol. The summed E-state index contributed by atoms with van der Waals surface area (Å²) in [6, 6.07) is 5.98. The molecular weight excluding hydrogens is 286 g/mol. The number of benzene rings is 1. The lowest BCUT2D eigenvalue weighted by Gasteiger charge is -2.11. The van der Waals surface area contributed by atoms with Crippen LogP contribution in [0.3, 0.4) is 0 Å². The van der Waals surface area contributed by atoms with Gasteiger partial charge in [-0.25, -0.2) is 0 Å². The van der Waals surface area contributed by atoms with Crippen molar-refractivity contribution in [2.45, 2.75) is 13.3 Å². The van der Waals surface area contributed by atoms with E-state index in [4.69, 9.17) is 0 Å². The van der Waals surface area contributed by atoms with Gasteiger partial charge in [0.2, 0.25) is 5.91 Å². The zero-order chi connectivity index (χ0) is 11.5. The highest BCUT2D eigenvalue weighted by Crippen LogP contribution is 2.27. The topological polar surface area (TPSA) is 29.1 Å². The first-order chi connectivity index (χ1) is 7.66. The summed E-state index contributed by atoms with van der Waals surface area (Å²) in [7, 11) is 0. The third-order valence-electron chi connectivity index (χ3n) is 2.68. The van der Waals surface area contributed by atoms with Gasteiger partial charge in [0.05, 0.1) is 5.69 Å². The molecule has 1 unspecified atom stereocenters. The summed E-state index contributed by atoms with van der Waals surface area (Å²) in [4.78, 5) is 11.9. The molecule has 1 aromatic rings. The minimum Gasteiger partial charge on any atom is -0.325 e. The molecule has 1 heterocycles. The number of hydrogen-bond donors (Lipinski definition) is 1. The summed E-state index contributed by atoms with van der Waals surface area (Å²) >= 11 is 5.30. The molecule has 4 heteroatoms. The minimum absolute atomic E-state index is 0.149. The second-order valence-corrected chi connectivity index (χ2v) is 6.04. The van der Waals surface area contributed by atoms with Crippen molar-refractivity contribution in [2.24, 2.45) is 5.92 Å². The van der Waals surface area contributed by atoms with Crippen molar-refractivity contribution in [1.82, 2.24) is 0 Å². The molecule has 1 N–H and O–H groups in total. The SMILES string of the molecule is Cc1ccc(Br)c(NC(=O)C2CCSC2)c1. The summed E-state index contributed by atoms with van der Waals surface area (Å²) < 4.78 is 0.942. The van der Waals surface area contributed by atoms with E-state index in [9.17, 15) is 4.79 Å². The summed E-state index contributed by atoms with van der Waals surface area (Å²) in [5.41, 5.74) is 2.03. The van der Waals surface area contributed by atoms with Crippen LogP contribution in [0.5, 0.6) is 0 Å². The molecule has 1 aliphatic heterocycles. The number of anilines is 1. The van der Waals surface area contributed by atoms with Crippen LogP contribution in [0.25, 0.3) is 0 Å². The van der Waals surface area contributed by atoms with E-state index in [1.54, 1.807) is 0 Å². The molecule has 16 heavy (non-hydrogen) atoms. The van der Waals surface area contributed by atoms with Crippen molar-refractivity contribution in [3.05, 3.63) is 28.2 Å². The minimum atomic E-state index is 0.149. The smallest absolute Gasteiger partial charge is 0.228 e. The van der Waals surface area contributed by atoms with Gasteiger partial charge in [0.25, 0.3) is 0 Å². The monoisotopic (exact) mass is 299 g/mol. The normalized spacial score (nSPS) is 19.8. The van der Waals surface area contributed by atoms with Gasteiger partial charge in [-0.3, -0.25) is 4.79 Å². The number of carbonyl (C=O) groups excluding carboxylic acids is 1. The van der Waals surface area contributed by atoms with Crippen LogP contribution in [0, 0.1) is 12.8 Å². The van der Waals surface area contributed by atoms with E-state index in [0.717, 1.165) is 33.7 Å². The molecular formula is C12H14BrNOS. The molecule has 1 atom stereocenters. The number of carbonyl (C=O) groups is 1. The van der Waals surface area contributed by atoms with Crippen LogP contribution in [0.4, 0.5) is 5.69 Å². The van der Waals surface area contributed by atoms with Crippen molar-refractivity contribution in [3.63, 3.8) is 0 Å². The molecule has 2 nitrogen and oxygen atoms in total. The maximum atomic E-state index is 11.9. The highest BCUT2D eigenvalue weighted by Gasteiger charge is 2.23. The molecule has 0 aromatic heterocycles. The molecule has 1 aliphatic rings. The third kappa shape index (κ3) is 2.80. The summed E-state index contributed by atoms with van der Waals surface area (Å²) in [6.45, 7) is 2.02. The quantitative estimate of drug-likeness (QED) is 0.906. The zero-order valence-electron chi connectivity index (χ0n) is 9.13. The van der Waals surface area contributed by atoms with E-state index < -0.39 is 0 Å². The fraction of sp³-hybridized carbons (Fsp3) is 0.417. The lowest BCUT2D eigenvalue weighted by atomic mass is 10.1. The van der Waals surface area contributed by atoms with Gasteiger partial charge in [-0.1, -0.05) is 6.07 Å².